The Bertz CT molecular complexity index is 1480. The van der Waals surface area contributed by atoms with Gasteiger partial charge in [0.15, 0.2) is 0 Å². The van der Waals surface area contributed by atoms with Crippen molar-refractivity contribution in [2.75, 3.05) is 40.9 Å². The quantitative estimate of drug-likeness (QED) is 0.0243. The molecule has 0 saturated carbocycles. The van der Waals surface area contributed by atoms with E-state index in [4.69, 9.17) is 9.05 Å². The first-order valence-electron chi connectivity index (χ1n) is 31.0. The lowest BCUT2D eigenvalue weighted by molar-refractivity contribution is -0.870. The average Bonchev–Trinajstić information content (AvgIpc) is 3.36. The second-order valence-corrected chi connectivity index (χ2v) is 23.5. The summed E-state index contributed by atoms with van der Waals surface area (Å²) in [5.74, 6) is -0.206. The first-order valence-corrected chi connectivity index (χ1v) is 32.5. The Morgan fingerprint density at radius 3 is 1.24 bits per heavy atom. The van der Waals surface area contributed by atoms with Crippen molar-refractivity contribution in [2.45, 2.75) is 283 Å². The number of nitrogens with zero attached hydrogens (tertiary/aromatic N) is 1. The van der Waals surface area contributed by atoms with Gasteiger partial charge >= 0.3 is 7.82 Å². The number of aliphatic hydroxyl groups excluding tert-OH is 1. The van der Waals surface area contributed by atoms with Crippen molar-refractivity contribution >= 4 is 13.7 Å². The molecule has 9 heteroatoms. The number of carbonyl (C=O) groups excluding carboxylic acids is 1. The van der Waals surface area contributed by atoms with Crippen LogP contribution in [0.25, 0.3) is 0 Å². The Balaban J connectivity index is 4.21. The van der Waals surface area contributed by atoms with Crippen LogP contribution in [0.4, 0.5) is 0 Å². The number of phosphoric ester groups is 1. The van der Waals surface area contributed by atoms with Gasteiger partial charge in [-0.2, -0.15) is 0 Å². The van der Waals surface area contributed by atoms with Crippen LogP contribution in [0.15, 0.2) is 85.1 Å². The number of nitrogens with one attached hydrogen (secondary N) is 1. The van der Waals surface area contributed by atoms with Crippen LogP contribution in [-0.4, -0.2) is 73.4 Å². The molecule has 0 aliphatic heterocycles. The first-order chi connectivity index (χ1) is 36.0. The van der Waals surface area contributed by atoms with E-state index in [1.807, 2.05) is 27.2 Å². The van der Waals surface area contributed by atoms with Crippen LogP contribution < -0.4 is 5.32 Å². The minimum Gasteiger partial charge on any atom is -0.387 e. The molecule has 8 nitrogen and oxygen atoms in total. The molecule has 430 valence electrons. The van der Waals surface area contributed by atoms with Gasteiger partial charge in [-0.1, -0.05) is 272 Å². The van der Waals surface area contributed by atoms with Gasteiger partial charge < -0.3 is 19.8 Å². The Labute approximate surface area is 458 Å². The molecule has 0 aromatic heterocycles. The first kappa shape index (κ1) is 71.7. The lowest BCUT2D eigenvalue weighted by Crippen LogP contribution is -2.45. The van der Waals surface area contributed by atoms with Gasteiger partial charge in [0, 0.05) is 6.42 Å². The maximum absolute atomic E-state index is 13.0. The summed E-state index contributed by atoms with van der Waals surface area (Å²) in [5, 5.41) is 13.9. The maximum atomic E-state index is 13.0. The average molecular weight is 1060 g/mol. The molecule has 74 heavy (non-hydrogen) atoms. The largest absolute Gasteiger partial charge is 0.472 e. The van der Waals surface area contributed by atoms with Crippen molar-refractivity contribution in [3.63, 3.8) is 0 Å². The molecule has 0 spiro atoms. The number of carbonyl (C=O) groups is 1. The third kappa shape index (κ3) is 57.4. The highest BCUT2D eigenvalue weighted by Gasteiger charge is 2.27. The molecule has 0 heterocycles. The van der Waals surface area contributed by atoms with Crippen molar-refractivity contribution in [3.05, 3.63) is 85.1 Å². The fraction of sp³-hybridized carbons (Fsp3) is 0.769. The van der Waals surface area contributed by atoms with Gasteiger partial charge in [0.2, 0.25) is 5.91 Å². The van der Waals surface area contributed by atoms with Crippen LogP contribution in [0.1, 0.15) is 271 Å². The summed E-state index contributed by atoms with van der Waals surface area (Å²) >= 11 is 0. The van der Waals surface area contributed by atoms with E-state index in [-0.39, 0.29) is 19.1 Å². The second kappa shape index (κ2) is 55.4. The van der Waals surface area contributed by atoms with E-state index < -0.39 is 20.0 Å². The number of quaternary nitrogens is 1. The molecule has 0 aromatic carbocycles. The summed E-state index contributed by atoms with van der Waals surface area (Å²) in [5.41, 5.74) is 0. The van der Waals surface area contributed by atoms with E-state index >= 15 is 0 Å². The highest BCUT2D eigenvalue weighted by Crippen LogP contribution is 2.43. The monoisotopic (exact) mass is 1060 g/mol. The Morgan fingerprint density at radius 1 is 0.473 bits per heavy atom. The van der Waals surface area contributed by atoms with Gasteiger partial charge in [0.05, 0.1) is 39.9 Å². The van der Waals surface area contributed by atoms with E-state index in [0.717, 1.165) is 89.9 Å². The fourth-order valence-corrected chi connectivity index (χ4v) is 9.53. The van der Waals surface area contributed by atoms with Crippen molar-refractivity contribution in [2.24, 2.45) is 0 Å². The smallest absolute Gasteiger partial charge is 0.387 e. The topological polar surface area (TPSA) is 105 Å². The van der Waals surface area contributed by atoms with E-state index in [1.54, 1.807) is 6.08 Å². The summed E-state index contributed by atoms with van der Waals surface area (Å²) in [4.78, 5) is 23.3. The maximum Gasteiger partial charge on any atom is 0.472 e. The molecular formula is C65H120N2O6P+. The van der Waals surface area contributed by atoms with Crippen LogP contribution in [0.2, 0.25) is 0 Å². The number of hydrogen-bond acceptors (Lipinski definition) is 5. The molecule has 0 saturated heterocycles. The van der Waals surface area contributed by atoms with E-state index in [1.165, 1.54) is 161 Å². The van der Waals surface area contributed by atoms with Crippen molar-refractivity contribution in [1.29, 1.82) is 0 Å². The summed E-state index contributed by atoms with van der Waals surface area (Å²) in [6.07, 6.45) is 78.6. The number of likely N-dealkylation sites (N-methyl/N-ethyl adjacent to an activating group) is 1. The lowest BCUT2D eigenvalue weighted by atomic mass is 10.0. The molecule has 3 atom stereocenters. The van der Waals surface area contributed by atoms with Gasteiger partial charge in [-0.05, 0) is 77.0 Å². The van der Waals surface area contributed by atoms with Crippen molar-refractivity contribution in [3.8, 4) is 0 Å². The molecule has 3 N–H and O–H groups in total. The number of allylic oxidation sites excluding steroid dienone is 13. The number of aliphatic hydroxyl groups is 1. The normalized spacial score (nSPS) is 14.4. The molecule has 0 fully saturated rings. The molecule has 0 aromatic rings. The number of hydrogen-bond donors (Lipinski definition) is 3. The van der Waals surface area contributed by atoms with Crippen LogP contribution in [0, 0.1) is 0 Å². The lowest BCUT2D eigenvalue weighted by Gasteiger charge is -2.25. The van der Waals surface area contributed by atoms with Crippen molar-refractivity contribution in [1.82, 2.24) is 5.32 Å². The number of rotatable bonds is 56. The third-order valence-corrected chi connectivity index (χ3v) is 14.6. The predicted octanol–water partition coefficient (Wildman–Crippen LogP) is 19.2. The van der Waals surface area contributed by atoms with Gasteiger partial charge in [-0.25, -0.2) is 4.57 Å². The molecule has 0 rings (SSSR count). The zero-order chi connectivity index (χ0) is 54.2. The van der Waals surface area contributed by atoms with Crippen molar-refractivity contribution < 1.29 is 32.9 Å². The zero-order valence-electron chi connectivity index (χ0n) is 49.1. The van der Waals surface area contributed by atoms with Gasteiger partial charge in [-0.15, -0.1) is 0 Å². The predicted molar refractivity (Wildman–Crippen MR) is 323 cm³/mol. The zero-order valence-corrected chi connectivity index (χ0v) is 50.0. The number of unbranched alkanes of at least 4 members (excludes halogenated alkanes) is 31. The number of phosphoric acid groups is 1. The molecule has 0 aliphatic carbocycles. The Kier molecular flexibility index (Phi) is 53.7. The summed E-state index contributed by atoms with van der Waals surface area (Å²) in [7, 11) is 1.53. The Hall–Kier alpha value is -2.32. The highest BCUT2D eigenvalue weighted by molar-refractivity contribution is 7.47. The minimum atomic E-state index is -4.37. The molecular weight excluding hydrogens is 936 g/mol. The van der Waals surface area contributed by atoms with Gasteiger partial charge in [-0.3, -0.25) is 13.8 Å². The molecule has 0 aliphatic rings. The Morgan fingerprint density at radius 2 is 0.824 bits per heavy atom. The molecule has 0 bridgehead atoms. The van der Waals surface area contributed by atoms with Crippen LogP contribution in [0.5, 0.6) is 0 Å². The molecule has 3 unspecified atom stereocenters. The van der Waals surface area contributed by atoms with Gasteiger partial charge in [0.25, 0.3) is 0 Å². The SMILES string of the molecule is CC/C=C\C/C=C\C/C=C\C/C=C\C/C=C\CCCCCCCC(=O)NC(COP(=O)(O)OCC[N+](C)(C)C)C(O)/C=C/CC/C=C/CCCCCCCCCCCCCCCCCCCCCCCCCCC. The summed E-state index contributed by atoms with van der Waals surface area (Å²) < 4.78 is 23.7. The molecule has 0 radical (unpaired) electrons. The van der Waals surface area contributed by atoms with E-state index in [0.29, 0.717) is 17.4 Å². The molecule has 1 amide bonds. The van der Waals surface area contributed by atoms with Crippen LogP contribution >= 0.6 is 7.82 Å². The summed E-state index contributed by atoms with van der Waals surface area (Å²) in [6.45, 7) is 4.68. The second-order valence-electron chi connectivity index (χ2n) is 22.0. The van der Waals surface area contributed by atoms with Crippen LogP contribution in [-0.2, 0) is 18.4 Å². The van der Waals surface area contributed by atoms with E-state index in [9.17, 15) is 19.4 Å². The fourth-order valence-electron chi connectivity index (χ4n) is 8.79. The number of amides is 1. The highest BCUT2D eigenvalue weighted by atomic mass is 31.2. The van der Waals surface area contributed by atoms with Crippen LogP contribution in [0.3, 0.4) is 0 Å². The third-order valence-electron chi connectivity index (χ3n) is 13.6. The minimum absolute atomic E-state index is 0.0479. The van der Waals surface area contributed by atoms with Gasteiger partial charge in [0.1, 0.15) is 13.2 Å². The van der Waals surface area contributed by atoms with E-state index in [2.05, 4.69) is 92.1 Å². The standard InChI is InChI=1S/C65H119N2O6P/c1-6-8-10-12-14-16-18-20-22-24-26-28-29-30-31-32-33-34-35-36-37-39-40-42-44-46-48-50-52-54-56-58-64(68)63(62-73-74(70,71)72-61-60-67(3,4)5)66-65(69)59-57-55-53-51-49-47-45-43-41-38-27-25-23-21-19-17-15-13-11-9-7-2/h9,11,15,17,21,23,27,38,43,45,48,50,56,58,63-64,68H,6-8,10,12-14,16,18-20,22,24-26,28-37,39-42,44,46-47,49,51-55,57,59-62H2,1-5H3,(H-,66,69,70,71)/p+1/b11-9-,17-15-,23-21-,38-27-,45-43-,50-48+,58-56+. The summed E-state index contributed by atoms with van der Waals surface area (Å²) in [6, 6.07) is -0.881.